The standard InChI is InChI=1S/C24H23N3O6S2/c1-31-20-13-16(14-21(32-2)23(20)33-3)25-22(28)15-34-24-26-18-11-7-8-12-19(18)27(24)35(29,30)17-9-5-4-6-10-17/h4-14H,15H2,1-3H3,(H,25,28)/p+1. The molecule has 1 amide bonds. The molecule has 0 aliphatic heterocycles. The number of para-hydroxylation sites is 2. The van der Waals surface area contributed by atoms with Crippen molar-refractivity contribution in [2.75, 3.05) is 32.4 Å². The van der Waals surface area contributed by atoms with Crippen LogP contribution in [-0.4, -0.2) is 46.4 Å². The van der Waals surface area contributed by atoms with Crippen molar-refractivity contribution < 1.29 is 31.4 Å². The largest absolute Gasteiger partial charge is 0.493 e. The lowest BCUT2D eigenvalue weighted by Gasteiger charge is -2.14. The quantitative estimate of drug-likeness (QED) is 0.260. The van der Waals surface area contributed by atoms with E-state index in [1.165, 1.54) is 37.4 Å². The third kappa shape index (κ3) is 4.91. The Kier molecular flexibility index (Phi) is 7.17. The molecule has 0 bridgehead atoms. The highest BCUT2D eigenvalue weighted by Gasteiger charge is 2.32. The third-order valence-electron chi connectivity index (χ3n) is 5.12. The van der Waals surface area contributed by atoms with Crippen molar-refractivity contribution >= 4 is 44.4 Å². The van der Waals surface area contributed by atoms with Crippen LogP contribution in [-0.2, 0) is 14.8 Å². The predicted octanol–water partition coefficient (Wildman–Crippen LogP) is 3.45. The van der Waals surface area contributed by atoms with E-state index in [-0.39, 0.29) is 16.6 Å². The van der Waals surface area contributed by atoms with Gasteiger partial charge in [0.2, 0.25) is 11.7 Å². The molecule has 1 aromatic heterocycles. The van der Waals surface area contributed by atoms with Crippen LogP contribution >= 0.6 is 11.8 Å². The van der Waals surface area contributed by atoms with Gasteiger partial charge in [0.25, 0.3) is 0 Å². The molecule has 2 N–H and O–H groups in total. The average Bonchev–Trinajstić information content (AvgIpc) is 3.26. The molecule has 0 spiro atoms. The molecule has 0 aliphatic rings. The number of amides is 1. The van der Waals surface area contributed by atoms with Crippen molar-refractivity contribution in [1.29, 1.82) is 0 Å². The molecule has 9 nitrogen and oxygen atoms in total. The van der Waals surface area contributed by atoms with E-state index in [1.54, 1.807) is 48.5 Å². The van der Waals surface area contributed by atoms with Crippen LogP contribution in [0.4, 0.5) is 5.69 Å². The molecular weight excluding hydrogens is 490 g/mol. The molecule has 0 saturated heterocycles. The molecule has 0 unspecified atom stereocenters. The lowest BCUT2D eigenvalue weighted by molar-refractivity contribution is -0.526. The number of fused-ring (bicyclic) bond motifs is 1. The Morgan fingerprint density at radius 1 is 0.943 bits per heavy atom. The molecule has 0 saturated carbocycles. The van der Waals surface area contributed by atoms with Crippen LogP contribution in [0.2, 0.25) is 0 Å². The smallest absolute Gasteiger partial charge is 0.336 e. The summed E-state index contributed by atoms with van der Waals surface area (Å²) < 4.78 is 44.1. The number of imidazole rings is 1. The van der Waals surface area contributed by atoms with Crippen LogP contribution < -0.4 is 23.5 Å². The zero-order valence-corrected chi connectivity index (χ0v) is 20.9. The van der Waals surface area contributed by atoms with Crippen molar-refractivity contribution in [3.05, 3.63) is 66.7 Å². The molecule has 4 rings (SSSR count). The normalized spacial score (nSPS) is 11.3. The summed E-state index contributed by atoms with van der Waals surface area (Å²) in [6.07, 6.45) is 0. The summed E-state index contributed by atoms with van der Waals surface area (Å²) in [5.74, 6) is 0.821. The second-order valence-electron chi connectivity index (χ2n) is 7.28. The van der Waals surface area contributed by atoms with Gasteiger partial charge in [0.05, 0.1) is 27.1 Å². The molecule has 0 fully saturated rings. The van der Waals surface area contributed by atoms with Gasteiger partial charge in [-0.3, -0.25) is 4.79 Å². The summed E-state index contributed by atoms with van der Waals surface area (Å²) in [4.78, 5) is 16.0. The van der Waals surface area contributed by atoms with Gasteiger partial charge in [-0.05, 0) is 36.0 Å². The van der Waals surface area contributed by atoms with Gasteiger partial charge < -0.3 is 19.5 Å². The fourth-order valence-corrected chi connectivity index (χ4v) is 6.13. The number of thioether (sulfide) groups is 1. The second kappa shape index (κ2) is 10.3. The van der Waals surface area contributed by atoms with Crippen LogP contribution in [0.3, 0.4) is 0 Å². The van der Waals surface area contributed by atoms with Crippen molar-refractivity contribution in [2.24, 2.45) is 0 Å². The number of benzene rings is 3. The van der Waals surface area contributed by atoms with Crippen LogP contribution in [0, 0.1) is 0 Å². The Balaban J connectivity index is 1.61. The zero-order chi connectivity index (χ0) is 25.0. The van der Waals surface area contributed by atoms with E-state index < -0.39 is 10.0 Å². The zero-order valence-electron chi connectivity index (χ0n) is 19.3. The van der Waals surface area contributed by atoms with E-state index in [1.807, 2.05) is 6.07 Å². The lowest BCUT2D eigenvalue weighted by atomic mass is 10.2. The number of methoxy groups -OCH3 is 3. The minimum Gasteiger partial charge on any atom is -0.493 e. The number of anilines is 1. The number of nitrogens with one attached hydrogen (secondary N) is 2. The van der Waals surface area contributed by atoms with E-state index in [4.69, 9.17) is 14.2 Å². The molecule has 182 valence electrons. The summed E-state index contributed by atoms with van der Waals surface area (Å²) >= 11 is 1.08. The van der Waals surface area contributed by atoms with Crippen LogP contribution in [0.15, 0.2) is 76.8 Å². The first-order chi connectivity index (χ1) is 16.9. The second-order valence-corrected chi connectivity index (χ2v) is 10.0. The van der Waals surface area contributed by atoms with E-state index in [0.29, 0.717) is 39.1 Å². The Hall–Kier alpha value is -3.70. The first kappa shape index (κ1) is 24.4. The summed E-state index contributed by atoms with van der Waals surface area (Å²) in [6, 6.07) is 18.5. The number of aromatic amines is 1. The Morgan fingerprint density at radius 3 is 2.20 bits per heavy atom. The van der Waals surface area contributed by atoms with Crippen molar-refractivity contribution in [3.63, 3.8) is 0 Å². The summed E-state index contributed by atoms with van der Waals surface area (Å²) in [5, 5.41) is 3.10. The Labute approximate surface area is 207 Å². The van der Waals surface area contributed by atoms with Gasteiger partial charge in [0.1, 0.15) is 4.90 Å². The molecule has 11 heteroatoms. The lowest BCUT2D eigenvalue weighted by Crippen LogP contribution is -2.44. The SMILES string of the molecule is COc1cc(NC(=O)CSc2[nH]c3ccccc3[n+]2S(=O)(=O)c2ccccc2)cc(OC)c1OC. The highest BCUT2D eigenvalue weighted by Crippen LogP contribution is 2.40. The third-order valence-corrected chi connectivity index (χ3v) is 7.93. The number of aromatic nitrogens is 2. The summed E-state index contributed by atoms with van der Waals surface area (Å²) in [5.41, 5.74) is 1.58. The molecule has 0 atom stereocenters. The van der Waals surface area contributed by atoms with Gasteiger partial charge in [-0.1, -0.05) is 30.3 Å². The monoisotopic (exact) mass is 514 g/mol. The Bertz CT molecular complexity index is 1440. The minimum atomic E-state index is -3.90. The Morgan fingerprint density at radius 2 is 1.57 bits per heavy atom. The maximum atomic E-state index is 13.5. The number of carbonyl (C=O) groups excluding carboxylic acids is 1. The van der Waals surface area contributed by atoms with Crippen LogP contribution in [0.5, 0.6) is 17.2 Å². The van der Waals surface area contributed by atoms with E-state index >= 15 is 0 Å². The number of nitrogens with zero attached hydrogens (tertiary/aromatic N) is 1. The fourth-order valence-electron chi connectivity index (χ4n) is 3.55. The first-order valence-corrected chi connectivity index (χ1v) is 12.9. The molecule has 35 heavy (non-hydrogen) atoms. The minimum absolute atomic E-state index is 0.0478. The van der Waals surface area contributed by atoms with Crippen LogP contribution in [0.1, 0.15) is 0 Å². The molecule has 1 heterocycles. The van der Waals surface area contributed by atoms with Gasteiger partial charge in [-0.25, -0.2) is 4.98 Å². The van der Waals surface area contributed by atoms with Gasteiger partial charge in [0, 0.05) is 17.8 Å². The molecule has 3 aromatic carbocycles. The predicted molar refractivity (Wildman–Crippen MR) is 133 cm³/mol. The van der Waals surface area contributed by atoms with E-state index in [2.05, 4.69) is 10.3 Å². The van der Waals surface area contributed by atoms with Gasteiger partial charge in [0.15, 0.2) is 22.5 Å². The summed E-state index contributed by atoms with van der Waals surface area (Å²) in [6.45, 7) is 0. The topological polar surface area (TPSA) is 111 Å². The van der Waals surface area contributed by atoms with Gasteiger partial charge >= 0.3 is 15.2 Å². The average molecular weight is 515 g/mol. The number of ether oxygens (including phenoxy) is 3. The van der Waals surface area contributed by atoms with Crippen molar-refractivity contribution in [1.82, 2.24) is 4.98 Å². The fraction of sp³-hybridized carbons (Fsp3) is 0.167. The first-order valence-electron chi connectivity index (χ1n) is 10.4. The maximum Gasteiger partial charge on any atom is 0.336 e. The number of carbonyl (C=O) groups is 1. The van der Waals surface area contributed by atoms with Crippen LogP contribution in [0.25, 0.3) is 11.0 Å². The van der Waals surface area contributed by atoms with E-state index in [0.717, 1.165) is 11.8 Å². The highest BCUT2D eigenvalue weighted by molar-refractivity contribution is 8.00. The highest BCUT2D eigenvalue weighted by atomic mass is 32.2. The van der Waals surface area contributed by atoms with Crippen molar-refractivity contribution in [3.8, 4) is 17.2 Å². The van der Waals surface area contributed by atoms with Gasteiger partial charge in [-0.2, -0.15) is 8.42 Å². The number of rotatable bonds is 9. The summed E-state index contributed by atoms with van der Waals surface area (Å²) in [7, 11) is 0.568. The maximum absolute atomic E-state index is 13.5. The number of hydrogen-bond donors (Lipinski definition) is 2. The van der Waals surface area contributed by atoms with Gasteiger partial charge in [-0.15, -0.1) is 3.97 Å². The van der Waals surface area contributed by atoms with E-state index in [9.17, 15) is 13.2 Å². The molecule has 4 aromatic rings. The number of H-pyrrole nitrogens is 1. The number of hydrogen-bond acceptors (Lipinski definition) is 7. The molecular formula is C24H24N3O6S2+. The molecule has 0 radical (unpaired) electrons. The van der Waals surface area contributed by atoms with Crippen molar-refractivity contribution in [2.45, 2.75) is 10.1 Å². The molecule has 0 aliphatic carbocycles.